The molecule has 176 valence electrons. The van der Waals surface area contributed by atoms with Gasteiger partial charge in [0.15, 0.2) is 5.13 Å². The Labute approximate surface area is 207 Å². The molecule has 0 saturated carbocycles. The third kappa shape index (κ3) is 4.02. The van der Waals surface area contributed by atoms with E-state index in [1.165, 1.54) is 28.6 Å². The number of Topliss-reactive ketones (excluding diaryl/α,β-unsaturated/α-hetero) is 1. The van der Waals surface area contributed by atoms with Gasteiger partial charge < -0.3 is 5.11 Å². The number of rotatable bonds is 3. The number of pyridine rings is 1. The average Bonchev–Trinajstić information content (AvgIpc) is 3.36. The standard InChI is InChI=1S/C28H25N3O3S/c1-16-5-10-20-21(15-16)35-27(30-20)31-23(17-6-8-19(9-7-17)28(2,3)4)22(25(33)26(31)34)24(32)18-11-13-29-14-12-18/h5-15,23,32H,1-4H3/b24-22+. The molecule has 35 heavy (non-hydrogen) atoms. The summed E-state index contributed by atoms with van der Waals surface area (Å²) in [5, 5.41) is 11.6. The van der Waals surface area contributed by atoms with E-state index < -0.39 is 17.7 Å². The number of hydrogen-bond donors (Lipinski definition) is 1. The second-order valence-electron chi connectivity index (χ2n) is 9.74. The number of aliphatic hydroxyl groups is 1. The molecular formula is C28H25N3O3S. The normalized spacial score (nSPS) is 17.9. The Hall–Kier alpha value is -3.84. The molecular weight excluding hydrogens is 458 g/mol. The van der Waals surface area contributed by atoms with Gasteiger partial charge in [-0.15, -0.1) is 0 Å². The molecule has 1 unspecified atom stereocenters. The Balaban J connectivity index is 1.72. The molecule has 2 aromatic carbocycles. The van der Waals surface area contributed by atoms with E-state index in [1.807, 2.05) is 49.4 Å². The molecule has 3 heterocycles. The minimum absolute atomic E-state index is 0.0418. The lowest BCUT2D eigenvalue weighted by molar-refractivity contribution is -0.132. The molecule has 1 saturated heterocycles. The molecule has 1 amide bonds. The van der Waals surface area contributed by atoms with Crippen LogP contribution in [0.1, 0.15) is 49.1 Å². The summed E-state index contributed by atoms with van der Waals surface area (Å²) in [6, 6.07) is 16.1. The largest absolute Gasteiger partial charge is 0.507 e. The number of aliphatic hydroxyl groups excluding tert-OH is 1. The quantitative estimate of drug-likeness (QED) is 0.222. The number of aromatic nitrogens is 2. The van der Waals surface area contributed by atoms with Crippen LogP contribution in [0.5, 0.6) is 0 Å². The number of hydrogen-bond acceptors (Lipinski definition) is 6. The zero-order valence-electron chi connectivity index (χ0n) is 19.9. The summed E-state index contributed by atoms with van der Waals surface area (Å²) < 4.78 is 0.929. The van der Waals surface area contributed by atoms with Gasteiger partial charge >= 0.3 is 5.91 Å². The molecule has 2 aromatic heterocycles. The number of benzene rings is 2. The zero-order chi connectivity index (χ0) is 24.9. The first-order valence-electron chi connectivity index (χ1n) is 11.3. The van der Waals surface area contributed by atoms with Crippen LogP contribution < -0.4 is 4.90 Å². The van der Waals surface area contributed by atoms with E-state index in [0.717, 1.165) is 26.9 Å². The van der Waals surface area contributed by atoms with Crippen molar-refractivity contribution in [1.82, 2.24) is 9.97 Å². The first-order valence-corrected chi connectivity index (χ1v) is 12.2. The van der Waals surface area contributed by atoms with E-state index in [2.05, 4.69) is 30.7 Å². The van der Waals surface area contributed by atoms with Gasteiger partial charge in [0.05, 0.1) is 21.8 Å². The molecule has 7 heteroatoms. The molecule has 0 spiro atoms. The van der Waals surface area contributed by atoms with Crippen LogP contribution >= 0.6 is 11.3 Å². The van der Waals surface area contributed by atoms with Crippen molar-refractivity contribution in [2.45, 2.75) is 39.2 Å². The Morgan fingerprint density at radius 3 is 2.34 bits per heavy atom. The maximum atomic E-state index is 13.4. The van der Waals surface area contributed by atoms with Crippen molar-refractivity contribution in [2.24, 2.45) is 0 Å². The highest BCUT2D eigenvalue weighted by molar-refractivity contribution is 7.22. The van der Waals surface area contributed by atoms with Crippen molar-refractivity contribution >= 4 is 44.1 Å². The summed E-state index contributed by atoms with van der Waals surface area (Å²) in [6.45, 7) is 8.37. The fraction of sp³-hybridized carbons (Fsp3) is 0.214. The predicted octanol–water partition coefficient (Wildman–Crippen LogP) is 5.92. The van der Waals surface area contributed by atoms with Crippen LogP contribution in [0, 0.1) is 6.92 Å². The summed E-state index contributed by atoms with van der Waals surface area (Å²) in [4.78, 5) is 36.8. The number of fused-ring (bicyclic) bond motifs is 1. The number of carbonyl (C=O) groups is 2. The number of amides is 1. The molecule has 0 radical (unpaired) electrons. The van der Waals surface area contributed by atoms with Crippen LogP contribution in [-0.4, -0.2) is 26.8 Å². The Kier molecular flexibility index (Phi) is 5.52. The third-order valence-electron chi connectivity index (χ3n) is 6.23. The average molecular weight is 484 g/mol. The Morgan fingerprint density at radius 1 is 1.00 bits per heavy atom. The van der Waals surface area contributed by atoms with Gasteiger partial charge in [-0.2, -0.15) is 0 Å². The molecule has 1 fully saturated rings. The molecule has 5 rings (SSSR count). The van der Waals surface area contributed by atoms with E-state index in [1.54, 1.807) is 12.1 Å². The van der Waals surface area contributed by atoms with Crippen molar-refractivity contribution in [2.75, 3.05) is 4.90 Å². The second kappa shape index (κ2) is 8.43. The third-order valence-corrected chi connectivity index (χ3v) is 7.25. The lowest BCUT2D eigenvalue weighted by atomic mass is 9.85. The highest BCUT2D eigenvalue weighted by atomic mass is 32.1. The molecule has 1 aliphatic rings. The minimum atomic E-state index is -0.807. The number of ketones is 1. The Morgan fingerprint density at radius 2 is 1.69 bits per heavy atom. The summed E-state index contributed by atoms with van der Waals surface area (Å²) in [6.07, 6.45) is 3.07. The molecule has 0 aliphatic carbocycles. The van der Waals surface area contributed by atoms with Crippen molar-refractivity contribution in [1.29, 1.82) is 0 Å². The van der Waals surface area contributed by atoms with Gasteiger partial charge in [0, 0.05) is 18.0 Å². The van der Waals surface area contributed by atoms with Gasteiger partial charge in [-0.3, -0.25) is 19.5 Å². The first-order chi connectivity index (χ1) is 16.6. The first kappa shape index (κ1) is 22.9. The van der Waals surface area contributed by atoms with E-state index >= 15 is 0 Å². The van der Waals surface area contributed by atoms with Crippen LogP contribution in [0.15, 0.2) is 72.6 Å². The lowest BCUT2D eigenvalue weighted by Crippen LogP contribution is -2.29. The highest BCUT2D eigenvalue weighted by Gasteiger charge is 2.48. The predicted molar refractivity (Wildman–Crippen MR) is 139 cm³/mol. The summed E-state index contributed by atoms with van der Waals surface area (Å²) >= 11 is 1.36. The van der Waals surface area contributed by atoms with Gasteiger partial charge in [-0.05, 0) is 53.3 Å². The molecule has 1 aliphatic heterocycles. The number of nitrogens with zero attached hydrogens (tertiary/aromatic N) is 3. The van der Waals surface area contributed by atoms with Gasteiger partial charge in [-0.25, -0.2) is 4.98 Å². The van der Waals surface area contributed by atoms with Crippen LogP contribution in [0.4, 0.5) is 5.13 Å². The van der Waals surface area contributed by atoms with E-state index in [4.69, 9.17) is 0 Å². The van der Waals surface area contributed by atoms with E-state index in [-0.39, 0.29) is 16.7 Å². The van der Waals surface area contributed by atoms with E-state index in [0.29, 0.717) is 10.7 Å². The number of aryl methyl sites for hydroxylation is 1. The maximum absolute atomic E-state index is 13.4. The zero-order valence-corrected chi connectivity index (χ0v) is 20.8. The van der Waals surface area contributed by atoms with Crippen LogP contribution in [-0.2, 0) is 15.0 Å². The van der Waals surface area contributed by atoms with E-state index in [9.17, 15) is 14.7 Å². The van der Waals surface area contributed by atoms with Crippen LogP contribution in [0.25, 0.3) is 16.0 Å². The fourth-order valence-corrected chi connectivity index (χ4v) is 5.39. The smallest absolute Gasteiger partial charge is 0.301 e. The van der Waals surface area contributed by atoms with Gasteiger partial charge in [0.2, 0.25) is 0 Å². The molecule has 0 bridgehead atoms. The Bertz CT molecular complexity index is 1480. The van der Waals surface area contributed by atoms with Crippen molar-refractivity contribution in [3.05, 3.63) is 94.8 Å². The monoisotopic (exact) mass is 483 g/mol. The molecule has 1 N–H and O–H groups in total. The van der Waals surface area contributed by atoms with Crippen molar-refractivity contribution in [3.63, 3.8) is 0 Å². The minimum Gasteiger partial charge on any atom is -0.507 e. The molecule has 1 atom stereocenters. The number of thiazole rings is 1. The summed E-state index contributed by atoms with van der Waals surface area (Å²) in [5.41, 5.74) is 4.11. The van der Waals surface area contributed by atoms with Crippen molar-refractivity contribution < 1.29 is 14.7 Å². The molecule has 4 aromatic rings. The summed E-state index contributed by atoms with van der Waals surface area (Å²) in [5.74, 6) is -1.67. The second-order valence-corrected chi connectivity index (χ2v) is 10.8. The van der Waals surface area contributed by atoms with Crippen molar-refractivity contribution in [3.8, 4) is 0 Å². The SMILES string of the molecule is Cc1ccc2nc(N3C(=O)C(=O)/C(=C(/O)c4ccncc4)C3c3ccc(C(C)(C)C)cc3)sc2c1. The van der Waals surface area contributed by atoms with Crippen LogP contribution in [0.2, 0.25) is 0 Å². The number of anilines is 1. The summed E-state index contributed by atoms with van der Waals surface area (Å²) in [7, 11) is 0. The van der Waals surface area contributed by atoms with Gasteiger partial charge in [0.1, 0.15) is 5.76 Å². The van der Waals surface area contributed by atoms with Crippen LogP contribution in [0.3, 0.4) is 0 Å². The fourth-order valence-electron chi connectivity index (χ4n) is 4.30. The topological polar surface area (TPSA) is 83.4 Å². The maximum Gasteiger partial charge on any atom is 0.301 e. The highest BCUT2D eigenvalue weighted by Crippen LogP contribution is 2.44. The van der Waals surface area contributed by atoms with Gasteiger partial charge in [0.25, 0.3) is 5.78 Å². The van der Waals surface area contributed by atoms with Gasteiger partial charge in [-0.1, -0.05) is 62.4 Å². The lowest BCUT2D eigenvalue weighted by Gasteiger charge is -2.24. The number of carbonyl (C=O) groups excluding carboxylic acids is 2. The molecule has 6 nitrogen and oxygen atoms in total.